The lowest BCUT2D eigenvalue weighted by Crippen LogP contribution is -2.36. The Morgan fingerprint density at radius 3 is 2.11 bits per heavy atom. The molecule has 2 aromatic rings. The van der Waals surface area contributed by atoms with Gasteiger partial charge in [0.1, 0.15) is 0 Å². The predicted octanol–water partition coefficient (Wildman–Crippen LogP) is 5.22. The minimum absolute atomic E-state index is 0.0943. The van der Waals surface area contributed by atoms with E-state index < -0.39 is 0 Å². The van der Waals surface area contributed by atoms with Crippen molar-refractivity contribution in [2.75, 3.05) is 36.5 Å². The molecule has 0 unspecified atom stereocenters. The first-order valence-corrected chi connectivity index (χ1v) is 9.86. The van der Waals surface area contributed by atoms with Crippen LogP contribution in [0.2, 0.25) is 0 Å². The highest BCUT2D eigenvalue weighted by Crippen LogP contribution is 2.24. The van der Waals surface area contributed by atoms with Gasteiger partial charge >= 0.3 is 0 Å². The lowest BCUT2D eigenvalue weighted by Gasteiger charge is -2.28. The first-order valence-electron chi connectivity index (χ1n) is 9.86. The number of morpholine rings is 1. The standard InChI is InChI=1S/C24H30N2O2/c1-18(17-24(2,3)4)19-5-7-20(8-6-19)23(27)25-21-9-11-22(12-10-21)26-13-15-28-16-14-26/h5-12,17H,13-16H2,1-4H3,(H,25,27). The summed E-state index contributed by atoms with van der Waals surface area (Å²) in [5, 5.41) is 2.98. The summed E-state index contributed by atoms with van der Waals surface area (Å²) in [7, 11) is 0. The summed E-state index contributed by atoms with van der Waals surface area (Å²) in [5.41, 5.74) is 5.11. The number of rotatable bonds is 4. The maximum Gasteiger partial charge on any atom is 0.255 e. The molecule has 0 radical (unpaired) electrons. The normalized spacial score (nSPS) is 15.4. The van der Waals surface area contributed by atoms with Gasteiger partial charge in [0, 0.05) is 30.0 Å². The van der Waals surface area contributed by atoms with Gasteiger partial charge in [-0.2, -0.15) is 0 Å². The molecule has 3 rings (SSSR count). The monoisotopic (exact) mass is 378 g/mol. The summed E-state index contributed by atoms with van der Waals surface area (Å²) in [6, 6.07) is 15.8. The number of ether oxygens (including phenoxy) is 1. The third-order valence-corrected chi connectivity index (χ3v) is 4.75. The number of carbonyl (C=O) groups is 1. The van der Waals surface area contributed by atoms with Crippen LogP contribution >= 0.6 is 0 Å². The molecule has 4 heteroatoms. The molecule has 1 heterocycles. The zero-order valence-electron chi connectivity index (χ0n) is 17.3. The van der Waals surface area contributed by atoms with Crippen LogP contribution in [0.15, 0.2) is 54.6 Å². The Bertz CT molecular complexity index is 824. The molecule has 0 spiro atoms. The number of allylic oxidation sites excluding steroid dienone is 2. The van der Waals surface area contributed by atoms with Gasteiger partial charge in [-0.3, -0.25) is 4.79 Å². The first-order chi connectivity index (χ1) is 13.3. The molecule has 1 fully saturated rings. The SMILES string of the molecule is CC(=CC(C)(C)C)c1ccc(C(=O)Nc2ccc(N3CCOCC3)cc2)cc1. The van der Waals surface area contributed by atoms with Crippen LogP contribution in [-0.4, -0.2) is 32.2 Å². The van der Waals surface area contributed by atoms with E-state index >= 15 is 0 Å². The highest BCUT2D eigenvalue weighted by molar-refractivity contribution is 6.04. The molecule has 0 aromatic heterocycles. The van der Waals surface area contributed by atoms with E-state index in [-0.39, 0.29) is 11.3 Å². The molecule has 0 saturated carbocycles. The summed E-state index contributed by atoms with van der Waals surface area (Å²) in [6.45, 7) is 12.0. The summed E-state index contributed by atoms with van der Waals surface area (Å²) in [6.07, 6.45) is 2.25. The fraction of sp³-hybridized carbons (Fsp3) is 0.375. The van der Waals surface area contributed by atoms with Gasteiger partial charge in [0.15, 0.2) is 0 Å². The van der Waals surface area contributed by atoms with Gasteiger partial charge in [-0.25, -0.2) is 0 Å². The van der Waals surface area contributed by atoms with Crippen molar-refractivity contribution in [2.24, 2.45) is 5.41 Å². The quantitative estimate of drug-likeness (QED) is 0.792. The molecule has 1 N–H and O–H groups in total. The Kier molecular flexibility index (Phi) is 6.20. The summed E-state index contributed by atoms with van der Waals surface area (Å²) in [4.78, 5) is 14.9. The van der Waals surface area contributed by atoms with E-state index in [1.165, 1.54) is 5.57 Å². The lowest BCUT2D eigenvalue weighted by molar-refractivity contribution is 0.102. The molecule has 0 aliphatic carbocycles. The van der Waals surface area contributed by atoms with Crippen molar-refractivity contribution in [1.82, 2.24) is 0 Å². The number of benzene rings is 2. The largest absolute Gasteiger partial charge is 0.378 e. The van der Waals surface area contributed by atoms with E-state index in [0.29, 0.717) is 5.56 Å². The highest BCUT2D eigenvalue weighted by atomic mass is 16.5. The van der Waals surface area contributed by atoms with Crippen LogP contribution in [-0.2, 0) is 4.74 Å². The molecular weight excluding hydrogens is 348 g/mol. The number of carbonyl (C=O) groups excluding carboxylic acids is 1. The fourth-order valence-electron chi connectivity index (χ4n) is 3.40. The van der Waals surface area contributed by atoms with Crippen LogP contribution in [0.4, 0.5) is 11.4 Å². The van der Waals surface area contributed by atoms with Crippen molar-refractivity contribution in [3.05, 3.63) is 65.7 Å². The van der Waals surface area contributed by atoms with E-state index in [2.05, 4.69) is 44.0 Å². The van der Waals surface area contributed by atoms with Gasteiger partial charge in [0.25, 0.3) is 5.91 Å². The number of anilines is 2. The van der Waals surface area contributed by atoms with Gasteiger partial charge in [0.05, 0.1) is 13.2 Å². The van der Waals surface area contributed by atoms with E-state index in [1.807, 2.05) is 48.5 Å². The topological polar surface area (TPSA) is 41.6 Å². The van der Waals surface area contributed by atoms with Crippen LogP contribution in [0, 0.1) is 5.41 Å². The molecule has 148 valence electrons. The minimum Gasteiger partial charge on any atom is -0.378 e. The number of nitrogens with one attached hydrogen (secondary N) is 1. The van der Waals surface area contributed by atoms with Gasteiger partial charge in [-0.05, 0) is 59.9 Å². The van der Waals surface area contributed by atoms with Crippen molar-refractivity contribution in [2.45, 2.75) is 27.7 Å². The van der Waals surface area contributed by atoms with Crippen LogP contribution < -0.4 is 10.2 Å². The highest BCUT2D eigenvalue weighted by Gasteiger charge is 2.12. The van der Waals surface area contributed by atoms with Crippen LogP contribution in [0.25, 0.3) is 5.57 Å². The van der Waals surface area contributed by atoms with E-state index in [9.17, 15) is 4.79 Å². The maximum atomic E-state index is 12.6. The second-order valence-electron chi connectivity index (χ2n) is 8.37. The van der Waals surface area contributed by atoms with Crippen molar-refractivity contribution in [3.63, 3.8) is 0 Å². The average molecular weight is 379 g/mol. The third kappa shape index (κ3) is 5.46. The molecule has 1 aliphatic rings. The molecule has 4 nitrogen and oxygen atoms in total. The Morgan fingerprint density at radius 2 is 1.54 bits per heavy atom. The molecule has 28 heavy (non-hydrogen) atoms. The number of hydrogen-bond acceptors (Lipinski definition) is 3. The summed E-state index contributed by atoms with van der Waals surface area (Å²) < 4.78 is 5.39. The number of hydrogen-bond donors (Lipinski definition) is 1. The van der Waals surface area contributed by atoms with Crippen LogP contribution in [0.3, 0.4) is 0 Å². The van der Waals surface area contributed by atoms with Crippen molar-refractivity contribution < 1.29 is 9.53 Å². The average Bonchev–Trinajstić information content (AvgIpc) is 2.68. The summed E-state index contributed by atoms with van der Waals surface area (Å²) >= 11 is 0. The van der Waals surface area contributed by atoms with Gasteiger partial charge in [-0.1, -0.05) is 39.0 Å². The van der Waals surface area contributed by atoms with Crippen molar-refractivity contribution in [3.8, 4) is 0 Å². The maximum absolute atomic E-state index is 12.6. The molecule has 1 saturated heterocycles. The van der Waals surface area contributed by atoms with Crippen LogP contribution in [0.1, 0.15) is 43.6 Å². The Balaban J connectivity index is 1.63. The molecule has 2 aromatic carbocycles. The van der Waals surface area contributed by atoms with Gasteiger partial charge in [-0.15, -0.1) is 0 Å². The molecule has 1 amide bonds. The first kappa shape index (κ1) is 20.2. The molecule has 1 aliphatic heterocycles. The van der Waals surface area contributed by atoms with Crippen LogP contribution in [0.5, 0.6) is 0 Å². The molecule has 0 bridgehead atoms. The fourth-order valence-corrected chi connectivity index (χ4v) is 3.40. The number of nitrogens with zero attached hydrogens (tertiary/aromatic N) is 1. The summed E-state index contributed by atoms with van der Waals surface area (Å²) in [5.74, 6) is -0.0943. The Labute approximate surface area is 168 Å². The van der Waals surface area contributed by atoms with Crippen molar-refractivity contribution in [1.29, 1.82) is 0 Å². The second kappa shape index (κ2) is 8.61. The number of amides is 1. The molecular formula is C24H30N2O2. The predicted molar refractivity (Wildman–Crippen MR) is 117 cm³/mol. The smallest absolute Gasteiger partial charge is 0.255 e. The Morgan fingerprint density at radius 1 is 0.964 bits per heavy atom. The van der Waals surface area contributed by atoms with Gasteiger partial charge in [0.2, 0.25) is 0 Å². The lowest BCUT2D eigenvalue weighted by atomic mass is 9.91. The zero-order chi connectivity index (χ0) is 20.1. The van der Waals surface area contributed by atoms with E-state index in [1.54, 1.807) is 0 Å². The van der Waals surface area contributed by atoms with E-state index in [4.69, 9.17) is 4.74 Å². The third-order valence-electron chi connectivity index (χ3n) is 4.75. The second-order valence-corrected chi connectivity index (χ2v) is 8.37. The van der Waals surface area contributed by atoms with Crippen molar-refractivity contribution >= 4 is 22.9 Å². The molecule has 0 atom stereocenters. The van der Waals surface area contributed by atoms with Gasteiger partial charge < -0.3 is 15.0 Å². The van der Waals surface area contributed by atoms with E-state index in [0.717, 1.165) is 43.2 Å². The zero-order valence-corrected chi connectivity index (χ0v) is 17.3. The minimum atomic E-state index is -0.0943. The Hall–Kier alpha value is -2.59.